The first-order valence-corrected chi connectivity index (χ1v) is 9.13. The summed E-state index contributed by atoms with van der Waals surface area (Å²) in [6.07, 6.45) is 0.467. The van der Waals surface area contributed by atoms with Crippen LogP contribution < -0.4 is 10.1 Å². The van der Waals surface area contributed by atoms with Crippen molar-refractivity contribution < 1.29 is 17.8 Å². The van der Waals surface area contributed by atoms with E-state index < -0.39 is 20.7 Å². The smallest absolute Gasteiger partial charge is 0.408 e. The molecule has 2 heterocycles. The van der Waals surface area contributed by atoms with Crippen LogP contribution in [0.2, 0.25) is 0 Å². The maximum Gasteiger partial charge on any atom is 0.419 e. The normalized spacial score (nSPS) is 14.0. The summed E-state index contributed by atoms with van der Waals surface area (Å²) in [5, 5.41) is 11.0. The third-order valence-corrected chi connectivity index (χ3v) is 6.29. The first kappa shape index (κ1) is 16.3. The van der Waals surface area contributed by atoms with Gasteiger partial charge in [-0.15, -0.1) is 0 Å². The quantitative estimate of drug-likeness (QED) is 0.509. The first-order valence-electron chi connectivity index (χ1n) is 7.69. The van der Waals surface area contributed by atoms with E-state index in [-0.39, 0.29) is 22.7 Å². The van der Waals surface area contributed by atoms with Gasteiger partial charge in [0.2, 0.25) is 0 Å². The average molecular weight is 375 g/mol. The first-order chi connectivity index (χ1) is 12.3. The van der Waals surface area contributed by atoms with Gasteiger partial charge in [0.05, 0.1) is 21.0 Å². The van der Waals surface area contributed by atoms with Crippen LogP contribution in [0.1, 0.15) is 5.56 Å². The summed E-state index contributed by atoms with van der Waals surface area (Å²) in [6.45, 7) is 0.190. The van der Waals surface area contributed by atoms with Gasteiger partial charge in [0.1, 0.15) is 0 Å². The Balaban J connectivity index is 1.83. The number of aromatic nitrogens is 1. The highest BCUT2D eigenvalue weighted by atomic mass is 32.2. The van der Waals surface area contributed by atoms with Crippen molar-refractivity contribution in [3.63, 3.8) is 0 Å². The molecule has 9 nitrogen and oxygen atoms in total. The third kappa shape index (κ3) is 2.30. The number of rotatable bonds is 3. The lowest BCUT2D eigenvalue weighted by Gasteiger charge is -2.19. The topological polar surface area (TPSA) is 116 Å². The van der Waals surface area contributed by atoms with Crippen LogP contribution in [-0.4, -0.2) is 24.5 Å². The van der Waals surface area contributed by atoms with Gasteiger partial charge in [-0.1, -0.05) is 6.07 Å². The fourth-order valence-electron chi connectivity index (χ4n) is 3.10. The van der Waals surface area contributed by atoms with E-state index in [1.165, 1.54) is 41.9 Å². The molecule has 26 heavy (non-hydrogen) atoms. The Bertz CT molecular complexity index is 1220. The summed E-state index contributed by atoms with van der Waals surface area (Å²) in [7, 11) is -2.42. The SMILES string of the molecule is Cn1c(=O)oc2cc(S(=O)(=O)N3CCc4ccc([N+](=O)[O-])cc43)ccc21. The maximum atomic E-state index is 13.0. The van der Waals surface area contributed by atoms with Crippen LogP contribution in [-0.2, 0) is 23.5 Å². The summed E-state index contributed by atoms with van der Waals surface area (Å²) >= 11 is 0. The van der Waals surface area contributed by atoms with Crippen molar-refractivity contribution >= 4 is 32.5 Å². The van der Waals surface area contributed by atoms with E-state index >= 15 is 0 Å². The van der Waals surface area contributed by atoms with Gasteiger partial charge in [0.25, 0.3) is 15.7 Å². The van der Waals surface area contributed by atoms with Gasteiger partial charge in [-0.2, -0.15) is 0 Å². The molecule has 0 radical (unpaired) electrons. The van der Waals surface area contributed by atoms with Gasteiger partial charge in [-0.25, -0.2) is 13.2 Å². The lowest BCUT2D eigenvalue weighted by Crippen LogP contribution is -2.29. The minimum absolute atomic E-state index is 0.0429. The number of non-ortho nitro benzene ring substituents is 1. The Kier molecular flexibility index (Phi) is 3.41. The van der Waals surface area contributed by atoms with Crippen LogP contribution in [0.15, 0.2) is 50.5 Å². The van der Waals surface area contributed by atoms with Crippen molar-refractivity contribution in [2.45, 2.75) is 11.3 Å². The molecular formula is C16H13N3O6S. The molecule has 10 heteroatoms. The minimum Gasteiger partial charge on any atom is -0.408 e. The van der Waals surface area contributed by atoms with E-state index in [2.05, 4.69) is 0 Å². The number of aryl methyl sites for hydroxylation is 1. The van der Waals surface area contributed by atoms with E-state index in [0.29, 0.717) is 17.6 Å². The second-order valence-corrected chi connectivity index (χ2v) is 7.82. The minimum atomic E-state index is -3.95. The van der Waals surface area contributed by atoms with Gasteiger partial charge >= 0.3 is 5.76 Å². The van der Waals surface area contributed by atoms with Crippen LogP contribution in [0.3, 0.4) is 0 Å². The summed E-state index contributed by atoms with van der Waals surface area (Å²) in [5.74, 6) is -0.586. The third-order valence-electron chi connectivity index (χ3n) is 4.48. The number of nitro groups is 1. The molecule has 0 unspecified atom stereocenters. The maximum absolute atomic E-state index is 13.0. The highest BCUT2D eigenvalue weighted by Gasteiger charge is 2.32. The fourth-order valence-corrected chi connectivity index (χ4v) is 4.61. The fraction of sp³-hybridized carbons (Fsp3) is 0.188. The molecule has 0 bridgehead atoms. The van der Waals surface area contributed by atoms with E-state index in [4.69, 9.17) is 4.42 Å². The highest BCUT2D eigenvalue weighted by molar-refractivity contribution is 7.92. The molecule has 4 rings (SSSR count). The number of benzene rings is 2. The molecule has 0 atom stereocenters. The molecule has 0 N–H and O–H groups in total. The Morgan fingerprint density at radius 3 is 2.69 bits per heavy atom. The van der Waals surface area contributed by atoms with Crippen molar-refractivity contribution in [2.75, 3.05) is 10.8 Å². The number of nitrogens with zero attached hydrogens (tertiary/aromatic N) is 3. The standard InChI is InChI=1S/C16H13N3O6S/c1-17-13-5-4-12(9-15(13)25-16(17)20)26(23,24)18-7-6-10-2-3-11(19(21)22)8-14(10)18/h2-5,8-9H,6-7H2,1H3. The predicted octanol–water partition coefficient (Wildman–Crippen LogP) is 1.79. The van der Waals surface area contributed by atoms with Crippen molar-refractivity contribution in [1.29, 1.82) is 0 Å². The van der Waals surface area contributed by atoms with E-state index in [1.54, 1.807) is 6.07 Å². The molecule has 0 saturated heterocycles. The second kappa shape index (κ2) is 5.43. The van der Waals surface area contributed by atoms with Gasteiger partial charge in [-0.05, 0) is 24.1 Å². The Labute approximate surface area is 147 Å². The van der Waals surface area contributed by atoms with Crippen LogP contribution in [0.25, 0.3) is 11.1 Å². The Morgan fingerprint density at radius 2 is 1.96 bits per heavy atom. The molecule has 0 spiro atoms. The average Bonchev–Trinajstić information content (AvgIpc) is 3.15. The zero-order chi connectivity index (χ0) is 18.6. The van der Waals surface area contributed by atoms with Crippen LogP contribution in [0, 0.1) is 10.1 Å². The Hall–Kier alpha value is -3.14. The van der Waals surface area contributed by atoms with Crippen molar-refractivity contribution in [3.8, 4) is 0 Å². The van der Waals surface area contributed by atoms with Gasteiger partial charge in [-0.3, -0.25) is 19.0 Å². The molecule has 134 valence electrons. The molecule has 1 aliphatic heterocycles. The molecule has 1 aromatic heterocycles. The van der Waals surface area contributed by atoms with Gasteiger partial charge in [0.15, 0.2) is 5.58 Å². The molecule has 1 aliphatic rings. The van der Waals surface area contributed by atoms with Crippen molar-refractivity contribution in [2.24, 2.45) is 7.05 Å². The molecule has 0 aliphatic carbocycles. The number of sulfonamides is 1. The zero-order valence-corrected chi connectivity index (χ0v) is 14.4. The van der Waals surface area contributed by atoms with Crippen molar-refractivity contribution in [3.05, 3.63) is 62.6 Å². The van der Waals surface area contributed by atoms with E-state index in [1.807, 2.05) is 0 Å². The summed E-state index contributed by atoms with van der Waals surface area (Å²) < 4.78 is 33.6. The lowest BCUT2D eigenvalue weighted by molar-refractivity contribution is -0.384. The molecule has 0 amide bonds. The monoisotopic (exact) mass is 375 g/mol. The van der Waals surface area contributed by atoms with E-state index in [9.17, 15) is 23.3 Å². The zero-order valence-electron chi connectivity index (χ0n) is 13.6. The van der Waals surface area contributed by atoms with Crippen LogP contribution >= 0.6 is 0 Å². The summed E-state index contributed by atoms with van der Waals surface area (Å²) in [4.78, 5) is 22.0. The van der Waals surface area contributed by atoms with Crippen LogP contribution in [0.5, 0.6) is 0 Å². The number of oxazole rings is 1. The van der Waals surface area contributed by atoms with Gasteiger partial charge < -0.3 is 4.42 Å². The molecule has 0 saturated carbocycles. The number of anilines is 1. The number of nitro benzene ring substituents is 1. The number of fused-ring (bicyclic) bond motifs is 2. The largest absolute Gasteiger partial charge is 0.419 e. The second-order valence-electron chi connectivity index (χ2n) is 5.95. The molecule has 2 aromatic carbocycles. The van der Waals surface area contributed by atoms with E-state index in [0.717, 1.165) is 9.87 Å². The van der Waals surface area contributed by atoms with Gasteiger partial charge in [0, 0.05) is 31.8 Å². The highest BCUT2D eigenvalue weighted by Crippen LogP contribution is 2.36. The molecule has 0 fully saturated rings. The number of hydrogen-bond donors (Lipinski definition) is 0. The summed E-state index contributed by atoms with van der Waals surface area (Å²) in [6, 6.07) is 8.38. The number of hydrogen-bond acceptors (Lipinski definition) is 6. The lowest BCUT2D eigenvalue weighted by atomic mass is 10.1. The molecular weight excluding hydrogens is 362 g/mol. The van der Waals surface area contributed by atoms with Crippen LogP contribution in [0.4, 0.5) is 11.4 Å². The predicted molar refractivity (Wildman–Crippen MR) is 92.8 cm³/mol. The Morgan fingerprint density at radius 1 is 1.19 bits per heavy atom. The summed E-state index contributed by atoms with van der Waals surface area (Å²) in [5.41, 5.74) is 1.50. The van der Waals surface area contributed by atoms with Crippen molar-refractivity contribution in [1.82, 2.24) is 4.57 Å². The molecule has 3 aromatic rings.